The maximum absolute atomic E-state index is 12.3. The van der Waals surface area contributed by atoms with Gasteiger partial charge in [-0.2, -0.15) is 0 Å². The molecule has 1 fully saturated rings. The lowest BCUT2D eigenvalue weighted by Gasteiger charge is -2.26. The molecule has 1 rings (SSSR count). The fraction of sp³-hybridized carbons (Fsp3) is 0.833. The fourth-order valence-electron chi connectivity index (χ4n) is 2.22. The van der Waals surface area contributed by atoms with Gasteiger partial charge in [0.2, 0.25) is 11.8 Å². The lowest BCUT2D eigenvalue weighted by atomic mass is 10.0. The first-order valence-corrected chi connectivity index (χ1v) is 6.32. The molecule has 5 nitrogen and oxygen atoms in total. The summed E-state index contributed by atoms with van der Waals surface area (Å²) in [5.74, 6) is 0.0181. The first-order chi connectivity index (χ1) is 8.10. The lowest BCUT2D eigenvalue weighted by molar-refractivity contribution is -0.139. The van der Waals surface area contributed by atoms with Crippen molar-refractivity contribution in [2.45, 2.75) is 32.7 Å². The summed E-state index contributed by atoms with van der Waals surface area (Å²) in [5.41, 5.74) is 0. The van der Waals surface area contributed by atoms with E-state index in [9.17, 15) is 9.59 Å². The molecule has 2 unspecified atom stereocenters. The second-order valence-electron chi connectivity index (χ2n) is 4.57. The van der Waals surface area contributed by atoms with Crippen molar-refractivity contribution >= 4 is 11.8 Å². The molecule has 0 aromatic rings. The number of hydrogen-bond donors (Lipinski definition) is 2. The average Bonchev–Trinajstić information content (AvgIpc) is 2.73. The van der Waals surface area contributed by atoms with Crippen molar-refractivity contribution in [1.29, 1.82) is 0 Å². The molecule has 0 aliphatic carbocycles. The highest BCUT2D eigenvalue weighted by Crippen LogP contribution is 2.18. The minimum atomic E-state index is -0.106. The van der Waals surface area contributed by atoms with Crippen molar-refractivity contribution in [1.82, 2.24) is 15.5 Å². The van der Waals surface area contributed by atoms with E-state index in [2.05, 4.69) is 10.6 Å². The van der Waals surface area contributed by atoms with Crippen LogP contribution in [0.2, 0.25) is 0 Å². The Morgan fingerprint density at radius 2 is 2.18 bits per heavy atom. The number of carbonyl (C=O) groups excluding carboxylic acids is 2. The molecule has 1 aliphatic rings. The van der Waals surface area contributed by atoms with E-state index >= 15 is 0 Å². The largest absolute Gasteiger partial charge is 0.358 e. The molecule has 0 spiro atoms. The van der Waals surface area contributed by atoms with E-state index in [0.29, 0.717) is 6.54 Å². The van der Waals surface area contributed by atoms with Gasteiger partial charge in [0, 0.05) is 19.6 Å². The summed E-state index contributed by atoms with van der Waals surface area (Å²) >= 11 is 0. The van der Waals surface area contributed by atoms with E-state index in [4.69, 9.17) is 0 Å². The zero-order chi connectivity index (χ0) is 12.8. The predicted octanol–water partition coefficient (Wildman–Crippen LogP) is -0.0310. The number of hydrogen-bond acceptors (Lipinski definition) is 3. The SMILES string of the molecule is CCCN(CC(=O)NC)C(=O)C1CCNC1C. The lowest BCUT2D eigenvalue weighted by Crippen LogP contribution is -2.45. The third-order valence-corrected chi connectivity index (χ3v) is 3.26. The second kappa shape index (κ2) is 6.59. The van der Waals surface area contributed by atoms with Crippen molar-refractivity contribution in [2.24, 2.45) is 5.92 Å². The van der Waals surface area contributed by atoms with Gasteiger partial charge < -0.3 is 15.5 Å². The number of likely N-dealkylation sites (N-methyl/N-ethyl adjacent to an activating group) is 1. The molecule has 1 aliphatic heterocycles. The van der Waals surface area contributed by atoms with E-state index in [1.807, 2.05) is 13.8 Å². The molecule has 1 saturated heterocycles. The Morgan fingerprint density at radius 1 is 1.47 bits per heavy atom. The Kier molecular flexibility index (Phi) is 5.41. The number of carbonyl (C=O) groups is 2. The summed E-state index contributed by atoms with van der Waals surface area (Å²) in [6, 6.07) is 0.214. The van der Waals surface area contributed by atoms with Crippen LogP contribution in [0.15, 0.2) is 0 Å². The minimum absolute atomic E-state index is 0.0196. The standard InChI is InChI=1S/C12H23N3O2/c1-4-7-15(8-11(16)13-3)12(17)10-5-6-14-9(10)2/h9-10,14H,4-8H2,1-3H3,(H,13,16). The van der Waals surface area contributed by atoms with Crippen LogP contribution in [0, 0.1) is 5.92 Å². The van der Waals surface area contributed by atoms with Crippen LogP contribution in [-0.4, -0.2) is 49.4 Å². The first-order valence-electron chi connectivity index (χ1n) is 6.32. The second-order valence-corrected chi connectivity index (χ2v) is 4.57. The smallest absolute Gasteiger partial charge is 0.239 e. The van der Waals surface area contributed by atoms with Crippen LogP contribution in [0.4, 0.5) is 0 Å². The molecule has 0 aromatic heterocycles. The maximum Gasteiger partial charge on any atom is 0.239 e. The van der Waals surface area contributed by atoms with Gasteiger partial charge in [0.05, 0.1) is 12.5 Å². The molecular formula is C12H23N3O2. The highest BCUT2D eigenvalue weighted by atomic mass is 16.2. The van der Waals surface area contributed by atoms with Gasteiger partial charge >= 0.3 is 0 Å². The Balaban J connectivity index is 2.62. The Morgan fingerprint density at radius 3 is 2.65 bits per heavy atom. The van der Waals surface area contributed by atoms with E-state index in [0.717, 1.165) is 19.4 Å². The van der Waals surface area contributed by atoms with Crippen molar-refractivity contribution < 1.29 is 9.59 Å². The number of amides is 2. The van der Waals surface area contributed by atoms with Gasteiger partial charge in [-0.1, -0.05) is 6.92 Å². The average molecular weight is 241 g/mol. The van der Waals surface area contributed by atoms with E-state index in [1.54, 1.807) is 11.9 Å². The molecule has 0 bridgehead atoms. The van der Waals surface area contributed by atoms with Gasteiger partial charge in [-0.05, 0) is 26.3 Å². The highest BCUT2D eigenvalue weighted by molar-refractivity contribution is 5.86. The fourth-order valence-corrected chi connectivity index (χ4v) is 2.22. The molecule has 2 atom stereocenters. The summed E-state index contributed by atoms with van der Waals surface area (Å²) in [7, 11) is 1.59. The van der Waals surface area contributed by atoms with E-state index < -0.39 is 0 Å². The van der Waals surface area contributed by atoms with Crippen LogP contribution < -0.4 is 10.6 Å². The van der Waals surface area contributed by atoms with E-state index in [1.165, 1.54) is 0 Å². The number of rotatable bonds is 5. The molecular weight excluding hydrogens is 218 g/mol. The van der Waals surface area contributed by atoms with Crippen LogP contribution in [0.25, 0.3) is 0 Å². The van der Waals surface area contributed by atoms with Crippen molar-refractivity contribution in [3.05, 3.63) is 0 Å². The van der Waals surface area contributed by atoms with Crippen molar-refractivity contribution in [3.8, 4) is 0 Å². The molecule has 1 heterocycles. The van der Waals surface area contributed by atoms with Gasteiger partial charge in [0.15, 0.2) is 0 Å². The predicted molar refractivity (Wildman–Crippen MR) is 66.5 cm³/mol. The summed E-state index contributed by atoms with van der Waals surface area (Å²) in [5, 5.41) is 5.83. The highest BCUT2D eigenvalue weighted by Gasteiger charge is 2.32. The number of nitrogens with one attached hydrogen (secondary N) is 2. The quantitative estimate of drug-likeness (QED) is 0.710. The summed E-state index contributed by atoms with van der Waals surface area (Å²) in [4.78, 5) is 25.4. The molecule has 2 amide bonds. The van der Waals surface area contributed by atoms with E-state index in [-0.39, 0.29) is 30.3 Å². The van der Waals surface area contributed by atoms with Gasteiger partial charge in [0.1, 0.15) is 0 Å². The molecule has 2 N–H and O–H groups in total. The van der Waals surface area contributed by atoms with Gasteiger partial charge in [-0.15, -0.1) is 0 Å². The Bertz CT molecular complexity index is 281. The first kappa shape index (κ1) is 14.0. The van der Waals surface area contributed by atoms with Gasteiger partial charge in [0.25, 0.3) is 0 Å². The molecule has 0 aromatic carbocycles. The van der Waals surface area contributed by atoms with Crippen molar-refractivity contribution in [2.75, 3.05) is 26.7 Å². The van der Waals surface area contributed by atoms with Crippen LogP contribution in [0.1, 0.15) is 26.7 Å². The van der Waals surface area contributed by atoms with Crippen LogP contribution in [0.3, 0.4) is 0 Å². The monoisotopic (exact) mass is 241 g/mol. The normalized spacial score (nSPS) is 23.5. The Hall–Kier alpha value is -1.10. The van der Waals surface area contributed by atoms with Gasteiger partial charge in [-0.25, -0.2) is 0 Å². The minimum Gasteiger partial charge on any atom is -0.358 e. The summed E-state index contributed by atoms with van der Waals surface area (Å²) in [6.45, 7) is 5.75. The van der Waals surface area contributed by atoms with Gasteiger partial charge in [-0.3, -0.25) is 9.59 Å². The van der Waals surface area contributed by atoms with Crippen LogP contribution in [-0.2, 0) is 9.59 Å². The zero-order valence-electron chi connectivity index (χ0n) is 11.0. The molecule has 5 heteroatoms. The molecule has 17 heavy (non-hydrogen) atoms. The Labute approximate surface area is 103 Å². The molecule has 0 saturated carbocycles. The maximum atomic E-state index is 12.3. The van der Waals surface area contributed by atoms with Crippen molar-refractivity contribution in [3.63, 3.8) is 0 Å². The molecule has 0 radical (unpaired) electrons. The third-order valence-electron chi connectivity index (χ3n) is 3.26. The summed E-state index contributed by atoms with van der Waals surface area (Å²) in [6.07, 6.45) is 1.74. The van der Waals surface area contributed by atoms with Crippen LogP contribution in [0.5, 0.6) is 0 Å². The zero-order valence-corrected chi connectivity index (χ0v) is 11.0. The number of nitrogens with zero attached hydrogens (tertiary/aromatic N) is 1. The topological polar surface area (TPSA) is 61.4 Å². The third kappa shape index (κ3) is 3.70. The molecule has 98 valence electrons. The summed E-state index contributed by atoms with van der Waals surface area (Å²) < 4.78 is 0. The van der Waals surface area contributed by atoms with Crippen LogP contribution >= 0.6 is 0 Å².